The molecule has 1 aliphatic rings. The van der Waals surface area contributed by atoms with E-state index in [0.717, 1.165) is 36.8 Å². The summed E-state index contributed by atoms with van der Waals surface area (Å²) in [4.78, 5) is 28.3. The lowest BCUT2D eigenvalue weighted by Gasteiger charge is -2.14. The van der Waals surface area contributed by atoms with E-state index in [1.54, 1.807) is 36.4 Å². The third kappa shape index (κ3) is 3.76. The number of fused-ring (bicyclic) bond motifs is 1. The minimum atomic E-state index is -0.159. The van der Waals surface area contributed by atoms with Crippen molar-refractivity contribution in [3.63, 3.8) is 0 Å². The van der Waals surface area contributed by atoms with Gasteiger partial charge in [-0.05, 0) is 50.3 Å². The van der Waals surface area contributed by atoms with Crippen LogP contribution in [0.25, 0.3) is 0 Å². The molecular formula is C20H24N2O2S. The van der Waals surface area contributed by atoms with Gasteiger partial charge in [-0.3, -0.25) is 9.59 Å². The van der Waals surface area contributed by atoms with Crippen LogP contribution >= 0.6 is 11.3 Å². The molecule has 1 aromatic carbocycles. The highest BCUT2D eigenvalue weighted by atomic mass is 32.1. The third-order valence-electron chi connectivity index (χ3n) is 4.55. The van der Waals surface area contributed by atoms with Crippen LogP contribution in [0.2, 0.25) is 0 Å². The van der Waals surface area contributed by atoms with E-state index in [2.05, 4.69) is 5.32 Å². The van der Waals surface area contributed by atoms with E-state index in [1.807, 2.05) is 25.1 Å². The highest BCUT2D eigenvalue weighted by Gasteiger charge is 2.26. The van der Waals surface area contributed by atoms with E-state index in [9.17, 15) is 9.59 Å². The Hall–Kier alpha value is -2.14. The zero-order valence-corrected chi connectivity index (χ0v) is 15.8. The number of rotatable bonds is 3. The molecule has 0 aliphatic heterocycles. The van der Waals surface area contributed by atoms with Crippen LogP contribution in [0.5, 0.6) is 0 Å². The number of amides is 2. The monoisotopic (exact) mass is 356 g/mol. The minimum absolute atomic E-state index is 0.0288. The molecule has 1 aromatic heterocycles. The van der Waals surface area contributed by atoms with Crippen molar-refractivity contribution >= 4 is 28.2 Å². The Morgan fingerprint density at radius 2 is 1.88 bits per heavy atom. The molecule has 3 rings (SSSR count). The Kier molecular flexibility index (Phi) is 5.23. The summed E-state index contributed by atoms with van der Waals surface area (Å²) in [6.45, 7) is 1.96. The molecule has 2 aromatic rings. The molecule has 0 radical (unpaired) electrons. The number of benzene rings is 1. The van der Waals surface area contributed by atoms with E-state index in [0.29, 0.717) is 16.1 Å². The highest BCUT2D eigenvalue weighted by Crippen LogP contribution is 2.38. The molecule has 132 valence electrons. The first kappa shape index (κ1) is 17.7. The molecule has 2 amide bonds. The molecule has 0 spiro atoms. The van der Waals surface area contributed by atoms with E-state index in [-0.39, 0.29) is 11.8 Å². The number of nitrogens with zero attached hydrogens (tertiary/aromatic N) is 1. The summed E-state index contributed by atoms with van der Waals surface area (Å²) < 4.78 is 0. The molecule has 0 atom stereocenters. The van der Waals surface area contributed by atoms with Gasteiger partial charge < -0.3 is 10.2 Å². The molecule has 0 saturated heterocycles. The molecule has 0 bridgehead atoms. The van der Waals surface area contributed by atoms with Crippen LogP contribution in [0.4, 0.5) is 5.00 Å². The molecule has 25 heavy (non-hydrogen) atoms. The van der Waals surface area contributed by atoms with Crippen LogP contribution in [0.15, 0.2) is 24.3 Å². The average molecular weight is 356 g/mol. The molecule has 0 unspecified atom stereocenters. The Morgan fingerprint density at radius 3 is 2.60 bits per heavy atom. The normalized spacial score (nSPS) is 13.7. The maximum atomic E-state index is 12.8. The number of carbonyl (C=O) groups is 2. The van der Waals surface area contributed by atoms with Crippen LogP contribution in [-0.2, 0) is 12.8 Å². The van der Waals surface area contributed by atoms with Gasteiger partial charge in [0, 0.05) is 24.5 Å². The first-order chi connectivity index (χ1) is 12.0. The van der Waals surface area contributed by atoms with Crippen molar-refractivity contribution in [3.05, 3.63) is 51.4 Å². The fourth-order valence-corrected chi connectivity index (χ4v) is 4.52. The Morgan fingerprint density at radius 1 is 1.12 bits per heavy atom. The zero-order valence-electron chi connectivity index (χ0n) is 15.0. The van der Waals surface area contributed by atoms with Gasteiger partial charge in [-0.25, -0.2) is 0 Å². The number of aryl methyl sites for hydroxylation is 2. The quantitative estimate of drug-likeness (QED) is 0.835. The minimum Gasteiger partial charge on any atom is -0.345 e. The summed E-state index contributed by atoms with van der Waals surface area (Å²) in [6, 6.07) is 7.50. The van der Waals surface area contributed by atoms with Gasteiger partial charge in [-0.15, -0.1) is 11.3 Å². The van der Waals surface area contributed by atoms with Crippen LogP contribution in [-0.4, -0.2) is 30.8 Å². The summed E-state index contributed by atoms with van der Waals surface area (Å²) >= 11 is 1.57. The Labute approximate surface area is 152 Å². The van der Waals surface area contributed by atoms with Crippen LogP contribution < -0.4 is 5.32 Å². The Balaban J connectivity index is 1.97. The maximum absolute atomic E-state index is 12.8. The molecule has 1 heterocycles. The van der Waals surface area contributed by atoms with Gasteiger partial charge >= 0.3 is 0 Å². The van der Waals surface area contributed by atoms with Crippen LogP contribution in [0.1, 0.15) is 56.0 Å². The second kappa shape index (κ2) is 7.40. The van der Waals surface area contributed by atoms with E-state index in [4.69, 9.17) is 0 Å². The van der Waals surface area contributed by atoms with Gasteiger partial charge in [0.25, 0.3) is 11.8 Å². The van der Waals surface area contributed by atoms with Gasteiger partial charge in [-0.1, -0.05) is 24.1 Å². The van der Waals surface area contributed by atoms with Crippen molar-refractivity contribution in [1.29, 1.82) is 0 Å². The average Bonchev–Trinajstić information content (AvgIpc) is 2.75. The van der Waals surface area contributed by atoms with Gasteiger partial charge in [-0.2, -0.15) is 0 Å². The number of carbonyl (C=O) groups excluding carboxylic acids is 2. The summed E-state index contributed by atoms with van der Waals surface area (Å²) in [7, 11) is 3.52. The molecule has 5 heteroatoms. The number of hydrogen-bond donors (Lipinski definition) is 1. The fraction of sp³-hybridized carbons (Fsp3) is 0.400. The number of hydrogen-bond acceptors (Lipinski definition) is 3. The summed E-state index contributed by atoms with van der Waals surface area (Å²) in [5, 5.41) is 3.69. The number of nitrogens with one attached hydrogen (secondary N) is 1. The molecule has 1 N–H and O–H groups in total. The lowest BCUT2D eigenvalue weighted by Crippen LogP contribution is -2.24. The highest BCUT2D eigenvalue weighted by molar-refractivity contribution is 7.17. The van der Waals surface area contributed by atoms with E-state index in [1.165, 1.54) is 11.3 Å². The predicted molar refractivity (Wildman–Crippen MR) is 103 cm³/mol. The molecular weight excluding hydrogens is 332 g/mol. The topological polar surface area (TPSA) is 49.4 Å². The predicted octanol–water partition coefficient (Wildman–Crippen LogP) is 4.28. The lowest BCUT2D eigenvalue weighted by atomic mass is 10.0. The van der Waals surface area contributed by atoms with Crippen LogP contribution in [0.3, 0.4) is 0 Å². The maximum Gasteiger partial charge on any atom is 0.256 e. The zero-order chi connectivity index (χ0) is 18.0. The first-order valence-electron chi connectivity index (χ1n) is 8.71. The van der Waals surface area contributed by atoms with E-state index >= 15 is 0 Å². The molecule has 4 nitrogen and oxygen atoms in total. The Bertz CT molecular complexity index is 808. The fourth-order valence-electron chi connectivity index (χ4n) is 3.24. The van der Waals surface area contributed by atoms with Crippen molar-refractivity contribution < 1.29 is 9.59 Å². The summed E-state index contributed by atoms with van der Waals surface area (Å²) in [5.74, 6) is -0.188. The lowest BCUT2D eigenvalue weighted by molar-refractivity contribution is 0.0828. The second-order valence-electron chi connectivity index (χ2n) is 6.79. The number of thiophene rings is 1. The van der Waals surface area contributed by atoms with Gasteiger partial charge in [0.05, 0.1) is 5.56 Å². The third-order valence-corrected chi connectivity index (χ3v) is 5.76. The SMILES string of the molecule is Cc1cccc(C(=O)Nc2sc3c(c2C(=O)N(C)C)CCCCC3)c1. The van der Waals surface area contributed by atoms with Crippen molar-refractivity contribution in [2.24, 2.45) is 0 Å². The van der Waals surface area contributed by atoms with Gasteiger partial charge in [0.2, 0.25) is 0 Å². The molecule has 0 fully saturated rings. The van der Waals surface area contributed by atoms with Gasteiger partial charge in [0.1, 0.15) is 5.00 Å². The van der Waals surface area contributed by atoms with Crippen molar-refractivity contribution in [3.8, 4) is 0 Å². The largest absolute Gasteiger partial charge is 0.345 e. The van der Waals surface area contributed by atoms with Crippen molar-refractivity contribution in [2.75, 3.05) is 19.4 Å². The van der Waals surface area contributed by atoms with Crippen LogP contribution in [0, 0.1) is 6.92 Å². The van der Waals surface area contributed by atoms with E-state index < -0.39 is 0 Å². The second-order valence-corrected chi connectivity index (χ2v) is 7.90. The number of anilines is 1. The summed E-state index contributed by atoms with van der Waals surface area (Å²) in [6.07, 6.45) is 5.36. The smallest absolute Gasteiger partial charge is 0.256 e. The van der Waals surface area contributed by atoms with Crippen molar-refractivity contribution in [2.45, 2.75) is 39.0 Å². The standard InChI is InChI=1S/C20H24N2O2S/c1-13-8-7-9-14(12-13)18(23)21-19-17(20(24)22(2)3)15-10-5-4-6-11-16(15)25-19/h7-9,12H,4-6,10-11H2,1-3H3,(H,21,23). The van der Waals surface area contributed by atoms with Crippen molar-refractivity contribution in [1.82, 2.24) is 4.90 Å². The molecule has 0 saturated carbocycles. The van der Waals surface area contributed by atoms with Gasteiger partial charge in [0.15, 0.2) is 0 Å². The molecule has 1 aliphatic carbocycles. The summed E-state index contributed by atoms with van der Waals surface area (Å²) in [5.41, 5.74) is 3.49. The first-order valence-corrected chi connectivity index (χ1v) is 9.53.